The first-order valence-corrected chi connectivity index (χ1v) is 13.2. The number of fused-ring (bicyclic) bond motifs is 7. The Hall–Kier alpha value is -5.28. The lowest BCUT2D eigenvalue weighted by Crippen LogP contribution is -1.96. The molecule has 0 saturated carbocycles. The molecule has 0 atom stereocenters. The van der Waals surface area contributed by atoms with E-state index in [0.29, 0.717) is 0 Å². The highest BCUT2D eigenvalue weighted by Gasteiger charge is 2.17. The monoisotopic (exact) mass is 500 g/mol. The summed E-state index contributed by atoms with van der Waals surface area (Å²) in [6.07, 6.45) is 2.17. The van der Waals surface area contributed by atoms with Crippen molar-refractivity contribution in [1.29, 1.82) is 0 Å². The molecule has 3 nitrogen and oxygen atoms in total. The van der Waals surface area contributed by atoms with Crippen LogP contribution in [-0.2, 0) is 0 Å². The normalized spacial score (nSPS) is 11.6. The maximum Gasteiger partial charge on any atom is 0.129 e. The van der Waals surface area contributed by atoms with Gasteiger partial charge in [-0.05, 0) is 60.0 Å². The smallest absolute Gasteiger partial charge is 0.129 e. The summed E-state index contributed by atoms with van der Waals surface area (Å²) in [5.74, 6) is 1.64. The van der Waals surface area contributed by atoms with Crippen molar-refractivity contribution in [1.82, 2.24) is 9.13 Å². The van der Waals surface area contributed by atoms with Gasteiger partial charge in [0, 0.05) is 45.2 Å². The maximum atomic E-state index is 6.22. The van der Waals surface area contributed by atoms with Crippen molar-refractivity contribution >= 4 is 43.5 Å². The van der Waals surface area contributed by atoms with Crippen molar-refractivity contribution in [3.8, 4) is 22.9 Å². The summed E-state index contributed by atoms with van der Waals surface area (Å²) in [5, 5.41) is 6.21. The third-order valence-electron chi connectivity index (χ3n) is 7.59. The van der Waals surface area contributed by atoms with Crippen LogP contribution in [0.4, 0.5) is 0 Å². The van der Waals surface area contributed by atoms with Gasteiger partial charge in [-0.1, -0.05) is 78.9 Å². The lowest BCUT2D eigenvalue weighted by atomic mass is 10.0. The van der Waals surface area contributed by atoms with E-state index in [-0.39, 0.29) is 0 Å². The van der Waals surface area contributed by atoms with E-state index in [0.717, 1.165) is 22.9 Å². The van der Waals surface area contributed by atoms with Crippen LogP contribution in [0.25, 0.3) is 54.9 Å². The zero-order valence-electron chi connectivity index (χ0n) is 21.2. The number of ether oxygens (including phenoxy) is 1. The SMILES string of the molecule is c1ccc(Oc2cccc(-n3c4ccccc4c4ccc5c6ccn(-c7ccccc7)c6ccc5c43)c2)cc1. The van der Waals surface area contributed by atoms with Gasteiger partial charge < -0.3 is 13.9 Å². The highest BCUT2D eigenvalue weighted by Crippen LogP contribution is 2.39. The average molecular weight is 501 g/mol. The van der Waals surface area contributed by atoms with E-state index in [1.54, 1.807) is 0 Å². The first-order chi connectivity index (χ1) is 19.3. The van der Waals surface area contributed by atoms with Crippen molar-refractivity contribution in [2.45, 2.75) is 0 Å². The minimum atomic E-state index is 0.812. The van der Waals surface area contributed by atoms with Crippen molar-refractivity contribution in [2.75, 3.05) is 0 Å². The summed E-state index contributed by atoms with van der Waals surface area (Å²) in [4.78, 5) is 0. The number of benzene rings is 6. The standard InChI is InChI=1S/C36H24N2O/c1-3-10-25(11-4-1)37-23-22-31-29-18-19-33-30-16-7-8-17-35(30)38(36(33)32(29)20-21-34(31)37)26-12-9-15-28(24-26)39-27-13-5-2-6-14-27/h1-24H. The van der Waals surface area contributed by atoms with Crippen LogP contribution in [0.15, 0.2) is 146 Å². The number of hydrogen-bond acceptors (Lipinski definition) is 1. The van der Waals surface area contributed by atoms with Crippen LogP contribution in [0.1, 0.15) is 0 Å². The second kappa shape index (κ2) is 8.64. The van der Waals surface area contributed by atoms with Gasteiger partial charge in [0.05, 0.1) is 16.6 Å². The van der Waals surface area contributed by atoms with Crippen LogP contribution in [0.5, 0.6) is 11.5 Å². The highest BCUT2D eigenvalue weighted by atomic mass is 16.5. The van der Waals surface area contributed by atoms with Crippen LogP contribution in [-0.4, -0.2) is 9.13 Å². The summed E-state index contributed by atoms with van der Waals surface area (Å²) < 4.78 is 10.9. The molecule has 39 heavy (non-hydrogen) atoms. The van der Waals surface area contributed by atoms with Crippen LogP contribution in [0, 0.1) is 0 Å². The molecule has 0 spiro atoms. The van der Waals surface area contributed by atoms with Gasteiger partial charge in [-0.15, -0.1) is 0 Å². The van der Waals surface area contributed by atoms with Gasteiger partial charge in [-0.25, -0.2) is 0 Å². The molecule has 0 saturated heterocycles. The Kier molecular flexibility index (Phi) is 4.82. The molecule has 3 heteroatoms. The summed E-state index contributed by atoms with van der Waals surface area (Å²) in [6.45, 7) is 0. The van der Waals surface area contributed by atoms with E-state index >= 15 is 0 Å². The molecule has 0 aliphatic rings. The summed E-state index contributed by atoms with van der Waals surface area (Å²) in [7, 11) is 0. The summed E-state index contributed by atoms with van der Waals surface area (Å²) in [5.41, 5.74) is 5.83. The molecule has 0 fully saturated rings. The Morgan fingerprint density at radius 1 is 0.410 bits per heavy atom. The highest BCUT2D eigenvalue weighted by molar-refractivity contribution is 6.22. The predicted molar refractivity (Wildman–Crippen MR) is 162 cm³/mol. The third-order valence-corrected chi connectivity index (χ3v) is 7.59. The van der Waals surface area contributed by atoms with Crippen molar-refractivity contribution < 1.29 is 4.74 Å². The number of nitrogens with zero attached hydrogens (tertiary/aromatic N) is 2. The molecule has 0 aliphatic carbocycles. The van der Waals surface area contributed by atoms with E-state index in [2.05, 4.69) is 118 Å². The fraction of sp³-hybridized carbons (Fsp3) is 0. The minimum absolute atomic E-state index is 0.812. The minimum Gasteiger partial charge on any atom is -0.457 e. The van der Waals surface area contributed by atoms with E-state index < -0.39 is 0 Å². The largest absolute Gasteiger partial charge is 0.457 e. The van der Waals surface area contributed by atoms with Crippen LogP contribution >= 0.6 is 0 Å². The van der Waals surface area contributed by atoms with Gasteiger partial charge >= 0.3 is 0 Å². The first-order valence-electron chi connectivity index (χ1n) is 13.2. The first kappa shape index (κ1) is 21.8. The van der Waals surface area contributed by atoms with Crippen LogP contribution in [0.2, 0.25) is 0 Å². The second-order valence-electron chi connectivity index (χ2n) is 9.84. The molecular weight excluding hydrogens is 476 g/mol. The Balaban J connectivity index is 1.39. The van der Waals surface area contributed by atoms with Gasteiger partial charge in [-0.3, -0.25) is 0 Å². The molecule has 0 N–H and O–H groups in total. The molecular formula is C36H24N2O. The Bertz CT molecular complexity index is 2140. The van der Waals surface area contributed by atoms with Gasteiger partial charge in [0.15, 0.2) is 0 Å². The zero-order valence-corrected chi connectivity index (χ0v) is 21.2. The molecule has 8 rings (SSSR count). The van der Waals surface area contributed by atoms with E-state index in [4.69, 9.17) is 4.74 Å². The van der Waals surface area contributed by atoms with Gasteiger partial charge in [0.2, 0.25) is 0 Å². The molecule has 2 aromatic heterocycles. The molecule has 184 valence electrons. The molecule has 0 amide bonds. The fourth-order valence-electron chi connectivity index (χ4n) is 5.88. The quantitative estimate of drug-likeness (QED) is 0.235. The van der Waals surface area contributed by atoms with Crippen molar-refractivity contribution in [3.05, 3.63) is 146 Å². The second-order valence-corrected chi connectivity index (χ2v) is 9.84. The molecule has 0 bridgehead atoms. The number of para-hydroxylation sites is 3. The summed E-state index contributed by atoms with van der Waals surface area (Å²) in [6, 6.07) is 48.8. The lowest BCUT2D eigenvalue weighted by molar-refractivity contribution is 0.482. The van der Waals surface area contributed by atoms with E-state index in [9.17, 15) is 0 Å². The molecule has 6 aromatic carbocycles. The lowest BCUT2D eigenvalue weighted by Gasteiger charge is -2.13. The number of aromatic nitrogens is 2. The number of rotatable bonds is 4. The fourth-order valence-corrected chi connectivity index (χ4v) is 5.88. The van der Waals surface area contributed by atoms with Crippen molar-refractivity contribution in [2.24, 2.45) is 0 Å². The Morgan fingerprint density at radius 2 is 1.05 bits per heavy atom. The van der Waals surface area contributed by atoms with Gasteiger partial charge in [0.1, 0.15) is 11.5 Å². The molecule has 8 aromatic rings. The van der Waals surface area contributed by atoms with Gasteiger partial charge in [-0.2, -0.15) is 0 Å². The predicted octanol–water partition coefficient (Wildman–Crippen LogP) is 9.67. The number of hydrogen-bond donors (Lipinski definition) is 0. The van der Waals surface area contributed by atoms with E-state index in [1.807, 2.05) is 36.4 Å². The van der Waals surface area contributed by atoms with Crippen LogP contribution in [0.3, 0.4) is 0 Å². The summed E-state index contributed by atoms with van der Waals surface area (Å²) >= 11 is 0. The average Bonchev–Trinajstić information content (AvgIpc) is 3.58. The third kappa shape index (κ3) is 3.44. The Labute approximate surface area is 225 Å². The molecule has 0 aliphatic heterocycles. The maximum absolute atomic E-state index is 6.22. The molecule has 0 radical (unpaired) electrons. The molecule has 2 heterocycles. The topological polar surface area (TPSA) is 19.1 Å². The van der Waals surface area contributed by atoms with Crippen LogP contribution < -0.4 is 4.74 Å². The van der Waals surface area contributed by atoms with Crippen molar-refractivity contribution in [3.63, 3.8) is 0 Å². The zero-order chi connectivity index (χ0) is 25.8. The Morgan fingerprint density at radius 3 is 1.92 bits per heavy atom. The van der Waals surface area contributed by atoms with E-state index in [1.165, 1.54) is 43.5 Å². The van der Waals surface area contributed by atoms with Gasteiger partial charge in [0.25, 0.3) is 0 Å². The molecule has 0 unspecified atom stereocenters.